The van der Waals surface area contributed by atoms with Crippen molar-refractivity contribution in [2.24, 2.45) is 5.92 Å². The van der Waals surface area contributed by atoms with Gasteiger partial charge in [-0.15, -0.1) is 0 Å². The van der Waals surface area contributed by atoms with E-state index >= 15 is 0 Å². The van der Waals surface area contributed by atoms with Crippen LogP contribution in [-0.4, -0.2) is 53.7 Å². The first-order chi connectivity index (χ1) is 9.40. The van der Waals surface area contributed by atoms with Gasteiger partial charge in [0.15, 0.2) is 0 Å². The van der Waals surface area contributed by atoms with Crippen molar-refractivity contribution in [1.82, 2.24) is 15.5 Å². The molecule has 20 heavy (non-hydrogen) atoms. The fourth-order valence-corrected chi connectivity index (χ4v) is 2.39. The van der Waals surface area contributed by atoms with Crippen molar-refractivity contribution in [3.63, 3.8) is 0 Å². The minimum absolute atomic E-state index is 0.0560. The summed E-state index contributed by atoms with van der Waals surface area (Å²) in [6.07, 6.45) is 3.75. The van der Waals surface area contributed by atoms with Crippen molar-refractivity contribution in [2.45, 2.75) is 52.1 Å². The van der Waals surface area contributed by atoms with E-state index in [1.54, 1.807) is 13.8 Å². The average Bonchev–Trinajstić information content (AvgIpc) is 2.38. The molecular formula is C14H27N3O3. The fourth-order valence-electron chi connectivity index (χ4n) is 2.39. The van der Waals surface area contributed by atoms with Crippen LogP contribution < -0.4 is 10.6 Å². The second kappa shape index (κ2) is 8.09. The molecule has 0 aromatic rings. The fraction of sp³-hybridized carbons (Fsp3) is 0.857. The van der Waals surface area contributed by atoms with Gasteiger partial charge in [-0.2, -0.15) is 0 Å². The van der Waals surface area contributed by atoms with E-state index in [1.807, 2.05) is 6.92 Å². The zero-order valence-electron chi connectivity index (χ0n) is 12.7. The first kappa shape index (κ1) is 16.8. The van der Waals surface area contributed by atoms with Crippen LogP contribution in [0.25, 0.3) is 0 Å². The van der Waals surface area contributed by atoms with Gasteiger partial charge in [0.1, 0.15) is 0 Å². The monoisotopic (exact) mass is 285 g/mol. The van der Waals surface area contributed by atoms with E-state index in [1.165, 1.54) is 19.3 Å². The van der Waals surface area contributed by atoms with E-state index < -0.39 is 17.9 Å². The van der Waals surface area contributed by atoms with Crippen molar-refractivity contribution >= 4 is 12.0 Å². The Morgan fingerprint density at radius 1 is 1.10 bits per heavy atom. The molecule has 0 aromatic heterocycles. The lowest BCUT2D eigenvalue weighted by Gasteiger charge is -2.29. The highest BCUT2D eigenvalue weighted by atomic mass is 16.4. The summed E-state index contributed by atoms with van der Waals surface area (Å²) in [6.45, 7) is 8.30. The number of hydrogen-bond acceptors (Lipinski definition) is 3. The maximum Gasteiger partial charge on any atom is 0.315 e. The molecule has 0 radical (unpaired) electrons. The highest BCUT2D eigenvalue weighted by molar-refractivity contribution is 5.76. The van der Waals surface area contributed by atoms with Crippen LogP contribution in [0.2, 0.25) is 0 Å². The van der Waals surface area contributed by atoms with Crippen LogP contribution in [0.5, 0.6) is 0 Å². The van der Waals surface area contributed by atoms with E-state index in [2.05, 4.69) is 15.5 Å². The molecule has 1 aliphatic heterocycles. The topological polar surface area (TPSA) is 81.7 Å². The Balaban J connectivity index is 2.28. The molecule has 3 N–H and O–H groups in total. The zero-order chi connectivity index (χ0) is 15.1. The SMILES string of the molecule is CC(CN1CCCCC1)NC(=O)NC(C)C(C)C(=O)O. The third kappa shape index (κ3) is 5.77. The second-order valence-corrected chi connectivity index (χ2v) is 5.80. The third-order valence-electron chi connectivity index (χ3n) is 3.86. The predicted molar refractivity (Wildman–Crippen MR) is 77.7 cm³/mol. The molecule has 116 valence electrons. The van der Waals surface area contributed by atoms with Gasteiger partial charge in [0.2, 0.25) is 0 Å². The molecule has 1 fully saturated rings. The summed E-state index contributed by atoms with van der Waals surface area (Å²) in [4.78, 5) is 25.0. The number of nitrogens with zero attached hydrogens (tertiary/aromatic N) is 1. The summed E-state index contributed by atoms with van der Waals surface area (Å²) < 4.78 is 0. The number of amides is 2. The van der Waals surface area contributed by atoms with Crippen LogP contribution in [0.4, 0.5) is 4.79 Å². The van der Waals surface area contributed by atoms with Gasteiger partial charge >= 0.3 is 12.0 Å². The van der Waals surface area contributed by atoms with Gasteiger partial charge < -0.3 is 20.6 Å². The minimum Gasteiger partial charge on any atom is -0.481 e. The number of carbonyl (C=O) groups excluding carboxylic acids is 1. The normalized spacial score (nSPS) is 20.8. The quantitative estimate of drug-likeness (QED) is 0.686. The molecule has 1 rings (SSSR count). The molecule has 0 saturated carbocycles. The first-order valence-corrected chi connectivity index (χ1v) is 7.42. The van der Waals surface area contributed by atoms with E-state index in [4.69, 9.17) is 5.11 Å². The van der Waals surface area contributed by atoms with E-state index in [9.17, 15) is 9.59 Å². The van der Waals surface area contributed by atoms with Crippen LogP contribution >= 0.6 is 0 Å². The Morgan fingerprint density at radius 2 is 1.70 bits per heavy atom. The molecule has 0 aliphatic carbocycles. The van der Waals surface area contributed by atoms with Gasteiger partial charge in [-0.3, -0.25) is 4.79 Å². The molecule has 6 heteroatoms. The van der Waals surface area contributed by atoms with Gasteiger partial charge in [0.25, 0.3) is 0 Å². The number of piperidine rings is 1. The van der Waals surface area contributed by atoms with Gasteiger partial charge in [-0.1, -0.05) is 6.42 Å². The van der Waals surface area contributed by atoms with Crippen molar-refractivity contribution in [1.29, 1.82) is 0 Å². The van der Waals surface area contributed by atoms with Crippen molar-refractivity contribution < 1.29 is 14.7 Å². The van der Waals surface area contributed by atoms with Crippen LogP contribution in [0.1, 0.15) is 40.0 Å². The van der Waals surface area contributed by atoms with Gasteiger partial charge in [-0.05, 0) is 46.7 Å². The van der Waals surface area contributed by atoms with Crippen molar-refractivity contribution in [3.8, 4) is 0 Å². The third-order valence-corrected chi connectivity index (χ3v) is 3.86. The molecule has 0 bridgehead atoms. The molecule has 0 spiro atoms. The Kier molecular flexibility index (Phi) is 6.78. The first-order valence-electron chi connectivity index (χ1n) is 7.42. The summed E-state index contributed by atoms with van der Waals surface area (Å²) in [6, 6.07) is -0.634. The molecule has 3 atom stereocenters. The summed E-state index contributed by atoms with van der Waals surface area (Å²) >= 11 is 0. The highest BCUT2D eigenvalue weighted by Gasteiger charge is 2.22. The number of urea groups is 1. The number of rotatable bonds is 6. The van der Waals surface area contributed by atoms with Gasteiger partial charge in [-0.25, -0.2) is 4.79 Å². The van der Waals surface area contributed by atoms with Crippen molar-refractivity contribution in [3.05, 3.63) is 0 Å². The van der Waals surface area contributed by atoms with Crippen LogP contribution in [0, 0.1) is 5.92 Å². The molecule has 6 nitrogen and oxygen atoms in total. The summed E-state index contributed by atoms with van der Waals surface area (Å²) in [5.74, 6) is -1.50. The molecule has 3 unspecified atom stereocenters. The van der Waals surface area contributed by atoms with E-state index in [0.717, 1.165) is 19.6 Å². The maximum atomic E-state index is 11.8. The number of carbonyl (C=O) groups is 2. The smallest absolute Gasteiger partial charge is 0.315 e. The predicted octanol–water partition coefficient (Wildman–Crippen LogP) is 1.27. The van der Waals surface area contributed by atoms with E-state index in [0.29, 0.717) is 0 Å². The number of carboxylic acid groups (broad SMARTS) is 1. The molecule has 2 amide bonds. The van der Waals surface area contributed by atoms with Gasteiger partial charge in [0.05, 0.1) is 5.92 Å². The Morgan fingerprint density at radius 3 is 2.25 bits per heavy atom. The molecular weight excluding hydrogens is 258 g/mol. The minimum atomic E-state index is -0.904. The van der Waals surface area contributed by atoms with E-state index in [-0.39, 0.29) is 12.1 Å². The average molecular weight is 285 g/mol. The summed E-state index contributed by atoms with van der Waals surface area (Å²) in [5, 5.41) is 14.4. The summed E-state index contributed by atoms with van der Waals surface area (Å²) in [5.41, 5.74) is 0. The molecule has 0 aromatic carbocycles. The number of carboxylic acids is 1. The summed E-state index contributed by atoms with van der Waals surface area (Å²) in [7, 11) is 0. The standard InChI is InChI=1S/C14H27N3O3/c1-10(9-17-7-5-4-6-8-17)15-14(20)16-12(3)11(2)13(18)19/h10-12H,4-9H2,1-3H3,(H,18,19)(H2,15,16,20). The van der Waals surface area contributed by atoms with Crippen LogP contribution in [0.15, 0.2) is 0 Å². The number of likely N-dealkylation sites (tertiary alicyclic amines) is 1. The number of nitrogens with one attached hydrogen (secondary N) is 2. The molecule has 1 aliphatic rings. The second-order valence-electron chi connectivity index (χ2n) is 5.80. The Labute approximate surface area is 120 Å². The van der Waals surface area contributed by atoms with Crippen LogP contribution in [0.3, 0.4) is 0 Å². The highest BCUT2D eigenvalue weighted by Crippen LogP contribution is 2.08. The Bertz CT molecular complexity index is 330. The lowest BCUT2D eigenvalue weighted by Crippen LogP contribution is -2.50. The maximum absolute atomic E-state index is 11.8. The van der Waals surface area contributed by atoms with Gasteiger partial charge in [0, 0.05) is 18.6 Å². The van der Waals surface area contributed by atoms with Crippen LogP contribution in [-0.2, 0) is 4.79 Å². The zero-order valence-corrected chi connectivity index (χ0v) is 12.7. The molecule has 1 heterocycles. The lowest BCUT2D eigenvalue weighted by atomic mass is 10.0. The largest absolute Gasteiger partial charge is 0.481 e. The van der Waals surface area contributed by atoms with Crippen molar-refractivity contribution in [2.75, 3.05) is 19.6 Å². The molecule has 1 saturated heterocycles. The Hall–Kier alpha value is -1.30. The number of aliphatic carboxylic acids is 1. The lowest BCUT2D eigenvalue weighted by molar-refractivity contribution is -0.141. The number of hydrogen-bond donors (Lipinski definition) is 3.